The second-order valence-electron chi connectivity index (χ2n) is 5.65. The number of carbonyl (C=O) groups is 1. The number of pyridine rings is 1. The van der Waals surface area contributed by atoms with Crippen LogP contribution in [0, 0.1) is 11.8 Å². The molecule has 0 saturated heterocycles. The van der Waals surface area contributed by atoms with Crippen LogP contribution in [0.4, 0.5) is 5.82 Å². The highest BCUT2D eigenvalue weighted by Gasteiger charge is 2.06. The fraction of sp³-hybridized carbons (Fsp3) is 0.600. The first-order valence-electron chi connectivity index (χ1n) is 6.97. The standard InChI is InChI=1S/C15H25N3O/c1-11(2)7-8-16-15(19)13-5-6-14(18-10-13)17-9-12(3)4/h5-6,10-12H,7-9H2,1-4H3,(H,16,19)(H,17,18). The maximum atomic E-state index is 11.8. The van der Waals surface area contributed by atoms with Crippen molar-refractivity contribution in [3.8, 4) is 0 Å². The van der Waals surface area contributed by atoms with E-state index in [0.717, 1.165) is 18.8 Å². The lowest BCUT2D eigenvalue weighted by Gasteiger charge is -2.09. The average Bonchev–Trinajstić information content (AvgIpc) is 2.36. The summed E-state index contributed by atoms with van der Waals surface area (Å²) in [6.07, 6.45) is 2.61. The molecular weight excluding hydrogens is 238 g/mol. The van der Waals surface area contributed by atoms with Crippen LogP contribution in [0.1, 0.15) is 44.5 Å². The third-order valence-corrected chi connectivity index (χ3v) is 2.72. The van der Waals surface area contributed by atoms with Crippen molar-refractivity contribution in [3.05, 3.63) is 23.9 Å². The number of hydrogen-bond acceptors (Lipinski definition) is 3. The molecule has 1 rings (SSSR count). The number of hydrogen-bond donors (Lipinski definition) is 2. The van der Waals surface area contributed by atoms with Gasteiger partial charge in [-0.05, 0) is 30.4 Å². The van der Waals surface area contributed by atoms with Gasteiger partial charge in [-0.2, -0.15) is 0 Å². The van der Waals surface area contributed by atoms with Crippen molar-refractivity contribution in [1.82, 2.24) is 10.3 Å². The largest absolute Gasteiger partial charge is 0.370 e. The molecule has 0 unspecified atom stereocenters. The van der Waals surface area contributed by atoms with E-state index in [1.807, 2.05) is 6.07 Å². The highest BCUT2D eigenvalue weighted by molar-refractivity contribution is 5.93. The lowest BCUT2D eigenvalue weighted by Crippen LogP contribution is -2.25. The first-order valence-corrected chi connectivity index (χ1v) is 6.97. The van der Waals surface area contributed by atoms with E-state index in [9.17, 15) is 4.79 Å². The van der Waals surface area contributed by atoms with E-state index in [4.69, 9.17) is 0 Å². The third-order valence-electron chi connectivity index (χ3n) is 2.72. The van der Waals surface area contributed by atoms with E-state index >= 15 is 0 Å². The predicted octanol–water partition coefficient (Wildman–Crippen LogP) is 2.93. The Morgan fingerprint density at radius 1 is 1.21 bits per heavy atom. The number of amides is 1. The zero-order valence-electron chi connectivity index (χ0n) is 12.4. The first kappa shape index (κ1) is 15.5. The van der Waals surface area contributed by atoms with E-state index in [1.165, 1.54) is 0 Å². The Balaban J connectivity index is 2.44. The first-order chi connectivity index (χ1) is 8.99. The van der Waals surface area contributed by atoms with Crippen molar-refractivity contribution in [2.75, 3.05) is 18.4 Å². The van der Waals surface area contributed by atoms with Gasteiger partial charge in [-0.15, -0.1) is 0 Å². The normalized spacial score (nSPS) is 10.8. The Labute approximate surface area is 116 Å². The van der Waals surface area contributed by atoms with Gasteiger partial charge in [-0.25, -0.2) is 4.98 Å². The molecule has 2 N–H and O–H groups in total. The van der Waals surface area contributed by atoms with Crippen LogP contribution >= 0.6 is 0 Å². The second kappa shape index (κ2) is 7.77. The number of aromatic nitrogens is 1. The van der Waals surface area contributed by atoms with E-state index in [1.54, 1.807) is 12.3 Å². The van der Waals surface area contributed by atoms with Gasteiger partial charge in [0.2, 0.25) is 0 Å². The fourth-order valence-electron chi connectivity index (χ4n) is 1.52. The van der Waals surface area contributed by atoms with Crippen LogP contribution in [0.5, 0.6) is 0 Å². The summed E-state index contributed by atoms with van der Waals surface area (Å²) in [4.78, 5) is 16.1. The molecule has 19 heavy (non-hydrogen) atoms. The molecule has 0 aliphatic heterocycles. The molecule has 0 spiro atoms. The van der Waals surface area contributed by atoms with Gasteiger partial charge in [0.05, 0.1) is 5.56 Å². The molecule has 4 nitrogen and oxygen atoms in total. The van der Waals surface area contributed by atoms with E-state index < -0.39 is 0 Å². The molecule has 0 bridgehead atoms. The molecule has 0 atom stereocenters. The number of nitrogens with zero attached hydrogens (tertiary/aromatic N) is 1. The van der Waals surface area contributed by atoms with E-state index in [-0.39, 0.29) is 5.91 Å². The Kier molecular flexibility index (Phi) is 6.33. The van der Waals surface area contributed by atoms with Gasteiger partial charge in [0.1, 0.15) is 5.82 Å². The minimum Gasteiger partial charge on any atom is -0.370 e. The molecule has 4 heteroatoms. The molecule has 0 aromatic carbocycles. The Morgan fingerprint density at radius 2 is 1.95 bits per heavy atom. The van der Waals surface area contributed by atoms with Gasteiger partial charge in [0, 0.05) is 19.3 Å². The van der Waals surface area contributed by atoms with Gasteiger partial charge >= 0.3 is 0 Å². The lowest BCUT2D eigenvalue weighted by atomic mass is 10.1. The molecule has 0 aliphatic rings. The quantitative estimate of drug-likeness (QED) is 0.795. The molecule has 0 radical (unpaired) electrons. The molecular formula is C15H25N3O. The summed E-state index contributed by atoms with van der Waals surface area (Å²) in [5.41, 5.74) is 0.610. The van der Waals surface area contributed by atoms with Gasteiger partial charge in [0.25, 0.3) is 5.91 Å². The van der Waals surface area contributed by atoms with Gasteiger partial charge in [-0.1, -0.05) is 27.7 Å². The highest BCUT2D eigenvalue weighted by atomic mass is 16.1. The zero-order chi connectivity index (χ0) is 14.3. The van der Waals surface area contributed by atoms with Crippen molar-refractivity contribution in [3.63, 3.8) is 0 Å². The van der Waals surface area contributed by atoms with E-state index in [2.05, 4.69) is 43.3 Å². The van der Waals surface area contributed by atoms with Crippen LogP contribution < -0.4 is 10.6 Å². The van der Waals surface area contributed by atoms with Crippen molar-refractivity contribution < 1.29 is 4.79 Å². The maximum Gasteiger partial charge on any atom is 0.252 e. The minimum absolute atomic E-state index is 0.0523. The van der Waals surface area contributed by atoms with Crippen molar-refractivity contribution in [2.24, 2.45) is 11.8 Å². The number of rotatable bonds is 7. The number of carbonyl (C=O) groups excluding carboxylic acids is 1. The summed E-state index contributed by atoms with van der Waals surface area (Å²) in [6, 6.07) is 3.65. The van der Waals surface area contributed by atoms with Crippen LogP contribution in [-0.4, -0.2) is 24.0 Å². The molecule has 1 amide bonds. The topological polar surface area (TPSA) is 54.0 Å². The van der Waals surface area contributed by atoms with Crippen LogP contribution in [-0.2, 0) is 0 Å². The van der Waals surface area contributed by atoms with Crippen LogP contribution in [0.3, 0.4) is 0 Å². The minimum atomic E-state index is -0.0523. The van der Waals surface area contributed by atoms with Crippen molar-refractivity contribution >= 4 is 11.7 Å². The third kappa shape index (κ3) is 6.22. The Bertz CT molecular complexity index is 385. The maximum absolute atomic E-state index is 11.8. The highest BCUT2D eigenvalue weighted by Crippen LogP contribution is 2.06. The monoisotopic (exact) mass is 263 g/mol. The summed E-state index contributed by atoms with van der Waals surface area (Å²) in [7, 11) is 0. The van der Waals surface area contributed by atoms with Crippen molar-refractivity contribution in [1.29, 1.82) is 0 Å². The van der Waals surface area contributed by atoms with Crippen LogP contribution in [0.25, 0.3) is 0 Å². The smallest absolute Gasteiger partial charge is 0.252 e. The SMILES string of the molecule is CC(C)CCNC(=O)c1ccc(NCC(C)C)nc1. The summed E-state index contributed by atoms with van der Waals surface area (Å²) in [5, 5.41) is 6.13. The molecule has 0 aliphatic carbocycles. The summed E-state index contributed by atoms with van der Waals surface area (Å²) in [6.45, 7) is 10.2. The van der Waals surface area contributed by atoms with E-state index in [0.29, 0.717) is 23.9 Å². The summed E-state index contributed by atoms with van der Waals surface area (Å²) >= 11 is 0. The summed E-state index contributed by atoms with van der Waals surface area (Å²) in [5.74, 6) is 1.93. The molecule has 1 aromatic rings. The summed E-state index contributed by atoms with van der Waals surface area (Å²) < 4.78 is 0. The number of anilines is 1. The zero-order valence-corrected chi connectivity index (χ0v) is 12.4. The molecule has 1 heterocycles. The Morgan fingerprint density at radius 3 is 2.47 bits per heavy atom. The second-order valence-corrected chi connectivity index (χ2v) is 5.65. The van der Waals surface area contributed by atoms with Gasteiger partial charge in [0.15, 0.2) is 0 Å². The van der Waals surface area contributed by atoms with Gasteiger partial charge < -0.3 is 10.6 Å². The predicted molar refractivity (Wildman–Crippen MR) is 79.4 cm³/mol. The molecule has 1 aromatic heterocycles. The fourth-order valence-corrected chi connectivity index (χ4v) is 1.52. The van der Waals surface area contributed by atoms with Crippen LogP contribution in [0.15, 0.2) is 18.3 Å². The van der Waals surface area contributed by atoms with Crippen LogP contribution in [0.2, 0.25) is 0 Å². The molecule has 0 fully saturated rings. The molecule has 0 saturated carbocycles. The molecule has 106 valence electrons. The lowest BCUT2D eigenvalue weighted by molar-refractivity contribution is 0.0951. The van der Waals surface area contributed by atoms with Crippen molar-refractivity contribution in [2.45, 2.75) is 34.1 Å². The average molecular weight is 263 g/mol. The Hall–Kier alpha value is -1.58. The number of nitrogens with one attached hydrogen (secondary N) is 2. The van der Waals surface area contributed by atoms with Gasteiger partial charge in [-0.3, -0.25) is 4.79 Å².